The van der Waals surface area contributed by atoms with Crippen LogP contribution in [0.4, 0.5) is 102 Å². The molecule has 678 valence electrons. The molecule has 6 heteroatoms. The van der Waals surface area contributed by atoms with E-state index in [1.54, 1.807) is 0 Å². The summed E-state index contributed by atoms with van der Waals surface area (Å²) in [6, 6.07) is 196. The molecule has 0 fully saturated rings. The maximum absolute atomic E-state index is 2.41. The minimum atomic E-state index is -0.165. The normalized spacial score (nSPS) is 13.0. The molecule has 0 amide bonds. The summed E-state index contributed by atoms with van der Waals surface area (Å²) >= 11 is 0. The lowest BCUT2D eigenvalue weighted by Gasteiger charge is -2.42. The molecule has 0 N–H and O–H groups in total. The van der Waals surface area contributed by atoms with Crippen molar-refractivity contribution in [1.82, 2.24) is 0 Å². The van der Waals surface area contributed by atoms with Crippen molar-refractivity contribution in [2.75, 3.05) is 29.4 Å². The maximum atomic E-state index is 2.41. The van der Waals surface area contributed by atoms with Crippen LogP contribution in [-0.4, -0.2) is 0 Å². The van der Waals surface area contributed by atoms with E-state index in [9.17, 15) is 0 Å². The molecule has 0 radical (unpaired) electrons. The van der Waals surface area contributed by atoms with Gasteiger partial charge in [0, 0.05) is 84.5 Å². The first kappa shape index (κ1) is 88.7. The smallest absolute Gasteiger partial charge is 0.0503 e. The summed E-state index contributed by atoms with van der Waals surface area (Å²) in [7, 11) is 0. The molecule has 141 heavy (non-hydrogen) atoms. The fourth-order valence-corrected chi connectivity index (χ4v) is 21.0. The van der Waals surface area contributed by atoms with Crippen molar-refractivity contribution < 1.29 is 0 Å². The molecular formula is C135H108N6. The quantitative estimate of drug-likeness (QED) is 0.0847. The molecule has 0 unspecified atom stereocenters. The highest BCUT2D eigenvalue weighted by Gasteiger charge is 2.41. The van der Waals surface area contributed by atoms with Crippen molar-refractivity contribution in [3.05, 3.63) is 579 Å². The Bertz CT molecular complexity index is 7780. The van der Waals surface area contributed by atoms with Crippen LogP contribution in [0.5, 0.6) is 0 Å². The van der Waals surface area contributed by atoms with Gasteiger partial charge in [0.05, 0.1) is 34.1 Å². The van der Waals surface area contributed by atoms with Crippen molar-refractivity contribution in [1.29, 1.82) is 0 Å². The Morgan fingerprint density at radius 2 is 0.277 bits per heavy atom. The first-order chi connectivity index (χ1) is 69.2. The van der Waals surface area contributed by atoms with E-state index in [1.807, 2.05) is 0 Å². The van der Waals surface area contributed by atoms with Crippen LogP contribution < -0.4 is 29.4 Å². The Morgan fingerprint density at radius 1 is 0.128 bits per heavy atom. The van der Waals surface area contributed by atoms with Gasteiger partial charge in [-0.25, -0.2) is 0 Å². The standard InChI is InChI=1S/C51H40N2.C45H36N2.C39H32N2/c1-51(2)47-20-12-13-21-49(47)53(43-18-10-5-11-19-43)50-35-28-42(36-48(50)51)41-26-33-46(34-27-41)52(44-29-22-39(23-30-44)37-14-6-3-7-15-37)45-31-24-40(25-32-45)38-16-8-4-9-17-38;1-45(2)41-20-12-13-21-43(41)47(38-18-10-5-11-19-38)44-31-26-36(32-42(44)45)35-24-29-40(30-25-35)46(37-16-8-4-9-17-37)39-27-22-34(23-28-39)33-14-6-3-7-15-33;1-39(2)35-20-12-13-21-37(35)41(33-18-10-5-11-19-33)38-27-24-30(28-36(38)39)29-22-25-34(26-23-29)40(31-14-6-3-7-15-31)32-16-8-4-9-17-32/h3-36H,1-2H3;3-32H,1-2H3;3-28H,1-2H3. The predicted octanol–water partition coefficient (Wildman–Crippen LogP) is 37.8. The van der Waals surface area contributed by atoms with Gasteiger partial charge in [0.2, 0.25) is 0 Å². The fraction of sp³-hybridized carbons (Fsp3) is 0.0667. The number of nitrogens with zero attached hydrogens (tertiary/aromatic N) is 6. The van der Waals surface area contributed by atoms with Gasteiger partial charge in [0.25, 0.3) is 0 Å². The molecule has 3 aliphatic heterocycles. The van der Waals surface area contributed by atoms with Crippen molar-refractivity contribution in [3.8, 4) is 66.8 Å². The highest BCUT2D eigenvalue weighted by Crippen LogP contribution is 2.57. The molecule has 21 aromatic rings. The van der Waals surface area contributed by atoms with Gasteiger partial charge in [-0.15, -0.1) is 0 Å². The van der Waals surface area contributed by atoms with Gasteiger partial charge in [-0.1, -0.05) is 387 Å². The van der Waals surface area contributed by atoms with Crippen molar-refractivity contribution in [2.24, 2.45) is 0 Å². The number of rotatable bonds is 18. The molecule has 0 spiro atoms. The van der Waals surface area contributed by atoms with Gasteiger partial charge >= 0.3 is 0 Å². The SMILES string of the molecule is CC1(C)c2ccccc2N(c2ccccc2)c2ccc(-c3ccc(N(c4ccc(-c5ccccc5)cc4)c4ccc(-c5ccccc5)cc4)cc3)cc21.CC1(C)c2ccccc2N(c2ccccc2)c2ccc(-c3ccc(N(c4ccccc4)c4ccc(-c5ccccc5)cc4)cc3)cc21.CC1(C)c2ccccc2N(c2ccccc2)c2ccc(-c3ccc(N(c4ccccc4)c4ccccc4)cc3)cc21. The van der Waals surface area contributed by atoms with E-state index in [0.29, 0.717) is 0 Å². The van der Waals surface area contributed by atoms with E-state index >= 15 is 0 Å². The van der Waals surface area contributed by atoms with Gasteiger partial charge in [-0.2, -0.15) is 0 Å². The Balaban J connectivity index is 0.000000122. The molecule has 0 aliphatic carbocycles. The average molecular weight is 1810 g/mol. The number of anilines is 18. The van der Waals surface area contributed by atoms with Crippen LogP contribution in [0.15, 0.2) is 546 Å². The summed E-state index contributed by atoms with van der Waals surface area (Å²) in [6.45, 7) is 14.1. The topological polar surface area (TPSA) is 19.4 Å². The molecule has 0 saturated heterocycles. The molecule has 3 heterocycles. The molecule has 0 bridgehead atoms. The van der Waals surface area contributed by atoms with E-state index < -0.39 is 0 Å². The Hall–Kier alpha value is -17.6. The van der Waals surface area contributed by atoms with E-state index in [-0.39, 0.29) is 16.2 Å². The number of fused-ring (bicyclic) bond motifs is 6. The van der Waals surface area contributed by atoms with Crippen LogP contribution in [0.1, 0.15) is 74.9 Å². The second-order valence-corrected chi connectivity index (χ2v) is 38.0. The van der Waals surface area contributed by atoms with Gasteiger partial charge in [-0.3, -0.25) is 0 Å². The second-order valence-electron chi connectivity index (χ2n) is 38.0. The zero-order chi connectivity index (χ0) is 95.4. The van der Waals surface area contributed by atoms with E-state index in [1.165, 1.54) is 151 Å². The van der Waals surface area contributed by atoms with Crippen LogP contribution in [0, 0.1) is 0 Å². The first-order valence-electron chi connectivity index (χ1n) is 48.8. The largest absolute Gasteiger partial charge is 0.311 e. The van der Waals surface area contributed by atoms with Crippen LogP contribution in [0.3, 0.4) is 0 Å². The second kappa shape index (κ2) is 38.5. The molecule has 0 aromatic heterocycles. The number of hydrogen-bond donors (Lipinski definition) is 0. The van der Waals surface area contributed by atoms with Crippen LogP contribution in [0.2, 0.25) is 0 Å². The molecule has 24 rings (SSSR count). The molecule has 21 aromatic carbocycles. The summed E-state index contributed by atoms with van der Waals surface area (Å²) in [5.41, 5.74) is 43.1. The van der Waals surface area contributed by atoms with E-state index in [4.69, 9.17) is 0 Å². The highest BCUT2D eigenvalue weighted by molar-refractivity contribution is 5.93. The van der Waals surface area contributed by atoms with Crippen LogP contribution in [-0.2, 0) is 16.2 Å². The summed E-state index contributed by atoms with van der Waals surface area (Å²) in [4.78, 5) is 14.2. The van der Waals surface area contributed by atoms with Gasteiger partial charge < -0.3 is 29.4 Å². The van der Waals surface area contributed by atoms with Gasteiger partial charge in [0.1, 0.15) is 0 Å². The first-order valence-corrected chi connectivity index (χ1v) is 48.8. The number of para-hydroxylation sites is 9. The summed E-state index contributed by atoms with van der Waals surface area (Å²) < 4.78 is 0. The predicted molar refractivity (Wildman–Crippen MR) is 596 cm³/mol. The van der Waals surface area contributed by atoms with Crippen molar-refractivity contribution in [2.45, 2.75) is 57.8 Å². The summed E-state index contributed by atoms with van der Waals surface area (Å²) in [6.07, 6.45) is 0. The lowest BCUT2D eigenvalue weighted by atomic mass is 9.73. The molecule has 6 nitrogen and oxygen atoms in total. The molecular weight excluding hydrogens is 1710 g/mol. The zero-order valence-corrected chi connectivity index (χ0v) is 80.1. The molecule has 0 saturated carbocycles. The summed E-state index contributed by atoms with van der Waals surface area (Å²) in [5, 5.41) is 0. The van der Waals surface area contributed by atoms with Crippen molar-refractivity contribution in [3.63, 3.8) is 0 Å². The Morgan fingerprint density at radius 3 is 0.489 bits per heavy atom. The third-order valence-corrected chi connectivity index (χ3v) is 28.3. The van der Waals surface area contributed by atoms with Crippen LogP contribution in [0.25, 0.3) is 66.8 Å². The Labute approximate surface area is 829 Å². The van der Waals surface area contributed by atoms with Crippen molar-refractivity contribution >= 4 is 102 Å². The minimum absolute atomic E-state index is 0.134. The lowest BCUT2D eigenvalue weighted by molar-refractivity contribution is 0.632. The average Bonchev–Trinajstić information content (AvgIpc) is 0.727. The number of benzene rings is 21. The fourth-order valence-electron chi connectivity index (χ4n) is 21.0. The van der Waals surface area contributed by atoms with E-state index in [2.05, 4.69) is 617 Å². The third kappa shape index (κ3) is 17.5. The zero-order valence-electron chi connectivity index (χ0n) is 80.1. The van der Waals surface area contributed by atoms with Gasteiger partial charge in [-0.05, 0) is 300 Å². The minimum Gasteiger partial charge on any atom is -0.311 e. The number of hydrogen-bond acceptors (Lipinski definition) is 6. The Kier molecular flexibility index (Phi) is 24.2. The monoisotopic (exact) mass is 1810 g/mol. The molecule has 3 aliphatic rings. The molecule has 0 atom stereocenters. The maximum Gasteiger partial charge on any atom is 0.0503 e. The van der Waals surface area contributed by atoms with Crippen LogP contribution >= 0.6 is 0 Å². The lowest BCUT2D eigenvalue weighted by Crippen LogP contribution is -2.30. The summed E-state index contributed by atoms with van der Waals surface area (Å²) in [5.74, 6) is 0. The highest BCUT2D eigenvalue weighted by atomic mass is 15.2. The van der Waals surface area contributed by atoms with E-state index in [0.717, 1.165) is 51.2 Å². The van der Waals surface area contributed by atoms with Gasteiger partial charge in [0.15, 0.2) is 0 Å². The third-order valence-electron chi connectivity index (χ3n) is 28.3.